The third-order valence-electron chi connectivity index (χ3n) is 2.85. The van der Waals surface area contributed by atoms with Gasteiger partial charge in [0.25, 0.3) is 0 Å². The highest BCUT2D eigenvalue weighted by Crippen LogP contribution is 2.22. The maximum atomic E-state index is 10.6. The number of carbonyl (C=O) groups is 1. The number of aliphatic carboxylic acids is 1. The average molecular weight is 200 g/mol. The monoisotopic (exact) mass is 200 g/mol. The molecule has 14 heavy (non-hydrogen) atoms. The van der Waals surface area contributed by atoms with Gasteiger partial charge >= 0.3 is 5.97 Å². The molecule has 0 aromatic heterocycles. The van der Waals surface area contributed by atoms with E-state index in [1.54, 1.807) is 0 Å². The Morgan fingerprint density at radius 2 is 2.21 bits per heavy atom. The maximum absolute atomic E-state index is 10.6. The second-order valence-corrected chi connectivity index (χ2v) is 4.06. The lowest BCUT2D eigenvalue weighted by Crippen LogP contribution is -2.30. The first kappa shape index (κ1) is 11.5. The van der Waals surface area contributed by atoms with E-state index < -0.39 is 5.97 Å². The number of hydrogen-bond donors (Lipinski definition) is 1. The van der Waals surface area contributed by atoms with Gasteiger partial charge in [0.15, 0.2) is 0 Å². The highest BCUT2D eigenvalue weighted by atomic mass is 16.5. The summed E-state index contributed by atoms with van der Waals surface area (Å²) in [5, 5.41) is 8.76. The summed E-state index contributed by atoms with van der Waals surface area (Å²) in [4.78, 5) is 10.6. The summed E-state index contributed by atoms with van der Waals surface area (Å²) in [5.41, 5.74) is 0. The van der Waals surface area contributed by atoms with Crippen LogP contribution in [0.15, 0.2) is 0 Å². The molecule has 82 valence electrons. The molecule has 0 radical (unpaired) electrons. The minimum absolute atomic E-state index is 0.266. The lowest BCUT2D eigenvalue weighted by atomic mass is 9.96. The first-order valence-electron chi connectivity index (χ1n) is 5.58. The molecule has 3 heteroatoms. The maximum Gasteiger partial charge on any atom is 0.308 e. The SMILES string of the molecule is CCCCCC1CCC(C(=O)O)CO1. The number of rotatable bonds is 5. The first-order valence-corrected chi connectivity index (χ1v) is 5.58. The Kier molecular flexibility index (Phi) is 4.94. The molecule has 1 aliphatic heterocycles. The van der Waals surface area contributed by atoms with E-state index in [2.05, 4.69) is 6.92 Å². The second-order valence-electron chi connectivity index (χ2n) is 4.06. The molecule has 1 aliphatic rings. The molecule has 1 fully saturated rings. The van der Waals surface area contributed by atoms with Crippen molar-refractivity contribution in [3.05, 3.63) is 0 Å². The molecule has 2 unspecified atom stereocenters. The first-order chi connectivity index (χ1) is 6.74. The van der Waals surface area contributed by atoms with Crippen LogP contribution in [0.25, 0.3) is 0 Å². The average Bonchev–Trinajstić information content (AvgIpc) is 2.19. The lowest BCUT2D eigenvalue weighted by molar-refractivity contribution is -0.148. The van der Waals surface area contributed by atoms with Gasteiger partial charge < -0.3 is 9.84 Å². The van der Waals surface area contributed by atoms with E-state index in [9.17, 15) is 4.79 Å². The lowest BCUT2D eigenvalue weighted by Gasteiger charge is -2.26. The summed E-state index contributed by atoms with van der Waals surface area (Å²) >= 11 is 0. The molecule has 0 aliphatic carbocycles. The van der Waals surface area contributed by atoms with Gasteiger partial charge in [-0.15, -0.1) is 0 Å². The Hall–Kier alpha value is -0.570. The third-order valence-corrected chi connectivity index (χ3v) is 2.85. The van der Waals surface area contributed by atoms with Crippen molar-refractivity contribution in [3.63, 3.8) is 0 Å². The molecule has 0 bridgehead atoms. The highest BCUT2D eigenvalue weighted by Gasteiger charge is 2.25. The predicted molar refractivity (Wildman–Crippen MR) is 54.2 cm³/mol. The van der Waals surface area contributed by atoms with Gasteiger partial charge in [-0.3, -0.25) is 4.79 Å². The minimum Gasteiger partial charge on any atom is -0.481 e. The minimum atomic E-state index is -0.711. The summed E-state index contributed by atoms with van der Waals surface area (Å²) < 4.78 is 5.52. The number of ether oxygens (including phenoxy) is 1. The van der Waals surface area contributed by atoms with Crippen molar-refractivity contribution in [2.45, 2.75) is 51.6 Å². The van der Waals surface area contributed by atoms with E-state index in [1.807, 2.05) is 0 Å². The fourth-order valence-corrected chi connectivity index (χ4v) is 1.85. The van der Waals surface area contributed by atoms with Crippen molar-refractivity contribution >= 4 is 5.97 Å². The highest BCUT2D eigenvalue weighted by molar-refractivity contribution is 5.70. The fourth-order valence-electron chi connectivity index (χ4n) is 1.85. The van der Waals surface area contributed by atoms with Gasteiger partial charge in [0.05, 0.1) is 18.6 Å². The summed E-state index contributed by atoms with van der Waals surface area (Å²) in [5.74, 6) is -0.977. The van der Waals surface area contributed by atoms with E-state index >= 15 is 0 Å². The van der Waals surface area contributed by atoms with Crippen LogP contribution >= 0.6 is 0 Å². The Morgan fingerprint density at radius 3 is 2.71 bits per heavy atom. The molecule has 1 N–H and O–H groups in total. The van der Waals surface area contributed by atoms with Crippen molar-refractivity contribution in [2.75, 3.05) is 6.61 Å². The van der Waals surface area contributed by atoms with E-state index in [0.717, 1.165) is 19.3 Å². The summed E-state index contributed by atoms with van der Waals surface area (Å²) in [7, 11) is 0. The molecule has 1 heterocycles. The second kappa shape index (κ2) is 6.02. The molecule has 1 rings (SSSR count). The molecule has 1 saturated heterocycles. The van der Waals surface area contributed by atoms with Crippen molar-refractivity contribution in [1.82, 2.24) is 0 Å². The molecule has 0 spiro atoms. The fraction of sp³-hybridized carbons (Fsp3) is 0.909. The molecular weight excluding hydrogens is 180 g/mol. The van der Waals surface area contributed by atoms with Crippen LogP contribution in [0.2, 0.25) is 0 Å². The van der Waals surface area contributed by atoms with Crippen molar-refractivity contribution < 1.29 is 14.6 Å². The quantitative estimate of drug-likeness (QED) is 0.693. The zero-order valence-corrected chi connectivity index (χ0v) is 8.87. The van der Waals surface area contributed by atoms with Crippen LogP contribution in [0.4, 0.5) is 0 Å². The molecule has 0 saturated carbocycles. The predicted octanol–water partition coefficient (Wildman–Crippen LogP) is 2.45. The van der Waals surface area contributed by atoms with Gasteiger partial charge in [-0.1, -0.05) is 26.2 Å². The number of carboxylic acids is 1. The summed E-state index contributed by atoms with van der Waals surface area (Å²) in [6.45, 7) is 2.59. The molecule has 2 atom stereocenters. The van der Waals surface area contributed by atoms with Gasteiger partial charge in [-0.05, 0) is 19.3 Å². The van der Waals surface area contributed by atoms with E-state index in [4.69, 9.17) is 9.84 Å². The Morgan fingerprint density at radius 1 is 1.43 bits per heavy atom. The number of hydrogen-bond acceptors (Lipinski definition) is 2. The molecular formula is C11H20O3. The number of carboxylic acid groups (broad SMARTS) is 1. The van der Waals surface area contributed by atoms with Crippen LogP contribution in [0.3, 0.4) is 0 Å². The van der Waals surface area contributed by atoms with Crippen LogP contribution in [-0.4, -0.2) is 23.8 Å². The van der Waals surface area contributed by atoms with Crippen LogP contribution in [0.5, 0.6) is 0 Å². The van der Waals surface area contributed by atoms with Crippen LogP contribution < -0.4 is 0 Å². The van der Waals surface area contributed by atoms with Gasteiger partial charge in [-0.2, -0.15) is 0 Å². The molecule has 0 amide bonds. The normalized spacial score (nSPS) is 27.5. The van der Waals surface area contributed by atoms with Gasteiger partial charge in [0.1, 0.15) is 0 Å². The van der Waals surface area contributed by atoms with E-state index in [0.29, 0.717) is 12.7 Å². The molecule has 3 nitrogen and oxygen atoms in total. The van der Waals surface area contributed by atoms with Crippen molar-refractivity contribution in [1.29, 1.82) is 0 Å². The smallest absolute Gasteiger partial charge is 0.308 e. The van der Waals surface area contributed by atoms with Crippen molar-refractivity contribution in [2.24, 2.45) is 5.92 Å². The topological polar surface area (TPSA) is 46.5 Å². The summed E-state index contributed by atoms with van der Waals surface area (Å²) in [6, 6.07) is 0. The van der Waals surface area contributed by atoms with Gasteiger partial charge in [0.2, 0.25) is 0 Å². The molecule has 0 aromatic rings. The zero-order chi connectivity index (χ0) is 10.4. The standard InChI is InChI=1S/C11H20O3/c1-2-3-4-5-10-7-6-9(8-14-10)11(12)13/h9-10H,2-8H2,1H3,(H,12,13). The van der Waals surface area contributed by atoms with Gasteiger partial charge in [0, 0.05) is 0 Å². The summed E-state index contributed by atoms with van der Waals surface area (Å²) in [6.07, 6.45) is 6.80. The zero-order valence-electron chi connectivity index (χ0n) is 8.87. The van der Waals surface area contributed by atoms with Crippen LogP contribution in [-0.2, 0) is 9.53 Å². The third kappa shape index (κ3) is 3.66. The van der Waals surface area contributed by atoms with Crippen LogP contribution in [0, 0.1) is 5.92 Å². The van der Waals surface area contributed by atoms with E-state index in [1.165, 1.54) is 19.3 Å². The van der Waals surface area contributed by atoms with Crippen LogP contribution in [0.1, 0.15) is 45.4 Å². The largest absolute Gasteiger partial charge is 0.481 e. The van der Waals surface area contributed by atoms with E-state index in [-0.39, 0.29) is 5.92 Å². The molecule has 0 aromatic carbocycles. The number of unbranched alkanes of at least 4 members (excludes halogenated alkanes) is 2. The Labute approximate surface area is 85.5 Å². The Balaban J connectivity index is 2.12. The van der Waals surface area contributed by atoms with Crippen molar-refractivity contribution in [3.8, 4) is 0 Å². The Bertz CT molecular complexity index is 171. The van der Waals surface area contributed by atoms with Gasteiger partial charge in [-0.25, -0.2) is 0 Å².